The topological polar surface area (TPSA) is 67.2 Å². The highest BCUT2D eigenvalue weighted by Gasteiger charge is 2.29. The largest absolute Gasteiger partial charge is 0.497 e. The molecule has 0 unspecified atom stereocenters. The van der Waals surface area contributed by atoms with E-state index < -0.39 is 0 Å². The van der Waals surface area contributed by atoms with Crippen molar-refractivity contribution in [3.05, 3.63) is 66.0 Å². The maximum atomic E-state index is 12.9. The third-order valence-corrected chi connectivity index (χ3v) is 4.77. The summed E-state index contributed by atoms with van der Waals surface area (Å²) in [6.45, 7) is 1.58. The number of piperazine rings is 1. The molecule has 2 aromatic heterocycles. The average molecular weight is 364 g/mol. The number of amides is 2. The van der Waals surface area contributed by atoms with E-state index in [1.807, 2.05) is 42.5 Å². The lowest BCUT2D eigenvalue weighted by Gasteiger charge is -2.34. The molecule has 0 atom stereocenters. The second-order valence-electron chi connectivity index (χ2n) is 6.48. The van der Waals surface area contributed by atoms with E-state index in [0.29, 0.717) is 25.2 Å². The van der Waals surface area contributed by atoms with Crippen LogP contribution in [0.1, 0.15) is 15.9 Å². The lowest BCUT2D eigenvalue weighted by molar-refractivity contribution is -0.135. The van der Waals surface area contributed by atoms with Gasteiger partial charge in [0.05, 0.1) is 24.4 Å². The number of methoxy groups -OCH3 is 1. The molecule has 27 heavy (non-hydrogen) atoms. The molecule has 0 saturated carbocycles. The van der Waals surface area contributed by atoms with Gasteiger partial charge in [0.1, 0.15) is 12.3 Å². The number of aromatic nitrogens is 2. The van der Waals surface area contributed by atoms with E-state index in [9.17, 15) is 9.59 Å². The summed E-state index contributed by atoms with van der Waals surface area (Å²) in [4.78, 5) is 28.8. The van der Waals surface area contributed by atoms with Crippen molar-refractivity contribution in [3.8, 4) is 5.75 Å². The fraction of sp³-hybridized carbons (Fsp3) is 0.250. The zero-order valence-electron chi connectivity index (χ0n) is 15.0. The summed E-state index contributed by atoms with van der Waals surface area (Å²) in [7, 11) is 1.62. The quantitative estimate of drug-likeness (QED) is 0.708. The minimum atomic E-state index is -0.161. The molecular formula is C20H20N4O3. The molecule has 7 heteroatoms. The van der Waals surface area contributed by atoms with Gasteiger partial charge in [0, 0.05) is 25.8 Å². The first-order valence-corrected chi connectivity index (χ1v) is 8.78. The van der Waals surface area contributed by atoms with Crippen LogP contribution < -0.4 is 4.74 Å². The van der Waals surface area contributed by atoms with Gasteiger partial charge in [-0.1, -0.05) is 18.2 Å². The number of hydrogen-bond donors (Lipinski definition) is 0. The van der Waals surface area contributed by atoms with Crippen LogP contribution in [0.4, 0.5) is 0 Å². The Balaban J connectivity index is 1.45. The fourth-order valence-corrected chi connectivity index (χ4v) is 3.31. The Bertz CT molecular complexity index is 998. The van der Waals surface area contributed by atoms with Crippen molar-refractivity contribution in [1.29, 1.82) is 0 Å². The molecule has 0 spiro atoms. The van der Waals surface area contributed by atoms with Gasteiger partial charge in [0.15, 0.2) is 0 Å². The summed E-state index contributed by atoms with van der Waals surface area (Å²) in [5.41, 5.74) is 2.27. The van der Waals surface area contributed by atoms with Crippen LogP contribution in [0, 0.1) is 0 Å². The second-order valence-corrected chi connectivity index (χ2v) is 6.48. The Labute approximate surface area is 156 Å². The lowest BCUT2D eigenvalue weighted by atomic mass is 10.1. The highest BCUT2D eigenvalue weighted by Crippen LogP contribution is 2.18. The molecule has 2 amide bonds. The zero-order valence-corrected chi connectivity index (χ0v) is 15.0. The van der Waals surface area contributed by atoms with E-state index in [1.54, 1.807) is 33.8 Å². The van der Waals surface area contributed by atoms with Crippen molar-refractivity contribution in [3.63, 3.8) is 0 Å². The maximum absolute atomic E-state index is 12.9. The smallest absolute Gasteiger partial charge is 0.258 e. The van der Waals surface area contributed by atoms with E-state index in [-0.39, 0.29) is 18.4 Å². The number of carbonyl (C=O) groups excluding carboxylic acids is 2. The monoisotopic (exact) mass is 364 g/mol. The zero-order chi connectivity index (χ0) is 18.8. The van der Waals surface area contributed by atoms with Gasteiger partial charge in [-0.3, -0.25) is 9.59 Å². The molecule has 1 fully saturated rings. The SMILES string of the molecule is COc1cccc(CN2CCN(C(=O)c3cnn4ccccc34)CC2=O)c1. The van der Waals surface area contributed by atoms with E-state index in [4.69, 9.17) is 4.74 Å². The van der Waals surface area contributed by atoms with Crippen molar-refractivity contribution < 1.29 is 14.3 Å². The highest BCUT2D eigenvalue weighted by molar-refractivity contribution is 6.02. The first-order valence-electron chi connectivity index (χ1n) is 8.78. The first kappa shape index (κ1) is 17.1. The molecule has 0 bridgehead atoms. The van der Waals surface area contributed by atoms with Crippen LogP contribution in [0.5, 0.6) is 5.75 Å². The van der Waals surface area contributed by atoms with Crippen LogP contribution in [0.3, 0.4) is 0 Å². The van der Waals surface area contributed by atoms with Crippen LogP contribution in [0.25, 0.3) is 5.52 Å². The molecule has 1 saturated heterocycles. The Kier molecular flexibility index (Phi) is 4.50. The third kappa shape index (κ3) is 3.36. The molecule has 1 aromatic carbocycles. The first-order chi connectivity index (χ1) is 13.2. The summed E-state index contributed by atoms with van der Waals surface area (Å²) in [6.07, 6.45) is 3.36. The summed E-state index contributed by atoms with van der Waals surface area (Å²) >= 11 is 0. The van der Waals surface area contributed by atoms with Crippen LogP contribution in [0.15, 0.2) is 54.9 Å². The van der Waals surface area contributed by atoms with Crippen LogP contribution in [-0.2, 0) is 11.3 Å². The minimum Gasteiger partial charge on any atom is -0.497 e. The Morgan fingerprint density at radius 1 is 1.19 bits per heavy atom. The minimum absolute atomic E-state index is 0.0612. The summed E-state index contributed by atoms with van der Waals surface area (Å²) in [6, 6.07) is 13.2. The number of benzene rings is 1. The van der Waals surface area contributed by atoms with Crippen molar-refractivity contribution in [2.45, 2.75) is 6.54 Å². The molecule has 1 aliphatic heterocycles. The predicted octanol–water partition coefficient (Wildman–Crippen LogP) is 1.83. The van der Waals surface area contributed by atoms with Crippen LogP contribution >= 0.6 is 0 Å². The molecule has 1 aliphatic rings. The van der Waals surface area contributed by atoms with Gasteiger partial charge in [-0.15, -0.1) is 0 Å². The summed E-state index contributed by atoms with van der Waals surface area (Å²) in [5, 5.41) is 4.20. The van der Waals surface area contributed by atoms with Gasteiger partial charge in [-0.05, 0) is 29.8 Å². The number of ether oxygens (including phenoxy) is 1. The van der Waals surface area contributed by atoms with E-state index in [1.165, 1.54) is 0 Å². The van der Waals surface area contributed by atoms with Gasteiger partial charge >= 0.3 is 0 Å². The molecule has 3 heterocycles. The van der Waals surface area contributed by atoms with E-state index in [0.717, 1.165) is 16.8 Å². The Morgan fingerprint density at radius 2 is 2.07 bits per heavy atom. The van der Waals surface area contributed by atoms with Gasteiger partial charge in [0.2, 0.25) is 5.91 Å². The fourth-order valence-electron chi connectivity index (χ4n) is 3.31. The van der Waals surface area contributed by atoms with Crippen molar-refractivity contribution in [2.75, 3.05) is 26.7 Å². The highest BCUT2D eigenvalue weighted by atomic mass is 16.5. The number of carbonyl (C=O) groups is 2. The molecular weight excluding hydrogens is 344 g/mol. The molecule has 0 N–H and O–H groups in total. The third-order valence-electron chi connectivity index (χ3n) is 4.77. The van der Waals surface area contributed by atoms with Crippen LogP contribution in [0.2, 0.25) is 0 Å². The average Bonchev–Trinajstić information content (AvgIpc) is 3.13. The van der Waals surface area contributed by atoms with Crippen LogP contribution in [-0.4, -0.2) is 58.0 Å². The summed E-state index contributed by atoms with van der Waals surface area (Å²) in [5.74, 6) is 0.543. The molecule has 7 nitrogen and oxygen atoms in total. The normalized spacial score (nSPS) is 14.6. The number of pyridine rings is 1. The summed E-state index contributed by atoms with van der Waals surface area (Å²) < 4.78 is 6.89. The van der Waals surface area contributed by atoms with Crippen molar-refractivity contribution in [1.82, 2.24) is 19.4 Å². The number of fused-ring (bicyclic) bond motifs is 1. The predicted molar refractivity (Wildman–Crippen MR) is 99.5 cm³/mol. The number of nitrogens with zero attached hydrogens (tertiary/aromatic N) is 4. The number of rotatable bonds is 4. The van der Waals surface area contributed by atoms with Gasteiger partial charge in [-0.25, -0.2) is 4.52 Å². The van der Waals surface area contributed by atoms with Gasteiger partial charge < -0.3 is 14.5 Å². The Morgan fingerprint density at radius 3 is 2.89 bits per heavy atom. The Hall–Kier alpha value is -3.35. The van der Waals surface area contributed by atoms with Gasteiger partial charge in [-0.2, -0.15) is 5.10 Å². The number of hydrogen-bond acceptors (Lipinski definition) is 4. The van der Waals surface area contributed by atoms with Crippen molar-refractivity contribution in [2.24, 2.45) is 0 Å². The lowest BCUT2D eigenvalue weighted by Crippen LogP contribution is -2.51. The molecule has 4 rings (SSSR count). The van der Waals surface area contributed by atoms with E-state index in [2.05, 4.69) is 5.10 Å². The molecule has 3 aromatic rings. The van der Waals surface area contributed by atoms with Gasteiger partial charge in [0.25, 0.3) is 5.91 Å². The molecule has 138 valence electrons. The standard InChI is InChI=1S/C20H20N4O3/c1-27-16-6-4-5-15(11-16)13-22-9-10-23(14-19(22)25)20(26)17-12-21-24-8-3-2-7-18(17)24/h2-8,11-12H,9-10,13-14H2,1H3. The van der Waals surface area contributed by atoms with E-state index >= 15 is 0 Å². The maximum Gasteiger partial charge on any atom is 0.258 e. The van der Waals surface area contributed by atoms with Crippen molar-refractivity contribution >= 4 is 17.3 Å². The molecule has 0 aliphatic carbocycles. The molecule has 0 radical (unpaired) electrons. The second kappa shape index (κ2) is 7.11.